The number of aryl methyl sites for hydroxylation is 1. The van der Waals surface area contributed by atoms with Gasteiger partial charge in [0.1, 0.15) is 11.5 Å². The Labute approximate surface area is 135 Å². The Bertz CT molecular complexity index is 787. The molecule has 0 radical (unpaired) electrons. The molecule has 4 rings (SSSR count). The summed E-state index contributed by atoms with van der Waals surface area (Å²) in [5.74, 6) is 0.557. The molecule has 0 amide bonds. The number of phenols is 2. The van der Waals surface area contributed by atoms with Crippen LogP contribution in [-0.2, 0) is 11.8 Å². The minimum Gasteiger partial charge on any atom is -0.508 e. The van der Waals surface area contributed by atoms with Gasteiger partial charge in [0.05, 0.1) is 0 Å². The molecule has 0 aromatic heterocycles. The number of hydrogen-bond acceptors (Lipinski definition) is 2. The van der Waals surface area contributed by atoms with Gasteiger partial charge in [0.2, 0.25) is 0 Å². The number of phenolic OH excluding ortho intramolecular Hbond substituents is 2. The molecule has 0 saturated heterocycles. The van der Waals surface area contributed by atoms with E-state index in [4.69, 9.17) is 0 Å². The lowest BCUT2D eigenvalue weighted by molar-refractivity contribution is 0.474. The molecule has 0 aliphatic heterocycles. The number of rotatable bonds is 2. The van der Waals surface area contributed by atoms with Gasteiger partial charge in [-0.3, -0.25) is 0 Å². The third-order valence-electron chi connectivity index (χ3n) is 4.97. The van der Waals surface area contributed by atoms with Crippen LogP contribution in [0.25, 0.3) is 0 Å². The van der Waals surface area contributed by atoms with Gasteiger partial charge in [-0.05, 0) is 59.4 Å². The van der Waals surface area contributed by atoms with Gasteiger partial charge in [-0.2, -0.15) is 0 Å². The van der Waals surface area contributed by atoms with E-state index in [1.54, 1.807) is 24.3 Å². The maximum absolute atomic E-state index is 9.65. The van der Waals surface area contributed by atoms with Crippen molar-refractivity contribution in [1.82, 2.24) is 0 Å². The van der Waals surface area contributed by atoms with Crippen molar-refractivity contribution in [2.75, 3.05) is 0 Å². The van der Waals surface area contributed by atoms with Gasteiger partial charge in [0.15, 0.2) is 0 Å². The molecule has 0 saturated carbocycles. The van der Waals surface area contributed by atoms with Crippen molar-refractivity contribution in [2.24, 2.45) is 0 Å². The van der Waals surface area contributed by atoms with Crippen molar-refractivity contribution >= 4 is 0 Å². The average molecular weight is 302 g/mol. The first-order valence-corrected chi connectivity index (χ1v) is 7.87. The first-order chi connectivity index (χ1) is 11.2. The number of aromatic hydroxyl groups is 2. The van der Waals surface area contributed by atoms with E-state index in [1.165, 1.54) is 22.3 Å². The zero-order valence-corrected chi connectivity index (χ0v) is 12.7. The molecule has 0 bridgehead atoms. The quantitative estimate of drug-likeness (QED) is 0.737. The average Bonchev–Trinajstić information content (AvgIpc) is 2.97. The number of fused-ring (bicyclic) bond motifs is 1. The lowest BCUT2D eigenvalue weighted by Gasteiger charge is -2.32. The second-order valence-electron chi connectivity index (χ2n) is 6.16. The summed E-state index contributed by atoms with van der Waals surface area (Å²) in [7, 11) is 0. The minimum atomic E-state index is -0.224. The fourth-order valence-corrected chi connectivity index (χ4v) is 3.87. The Balaban J connectivity index is 1.99. The molecule has 114 valence electrons. The van der Waals surface area contributed by atoms with Crippen LogP contribution in [0.4, 0.5) is 0 Å². The monoisotopic (exact) mass is 302 g/mol. The molecule has 0 fully saturated rings. The van der Waals surface area contributed by atoms with E-state index in [0.29, 0.717) is 0 Å². The molecule has 3 aromatic rings. The summed E-state index contributed by atoms with van der Waals surface area (Å²) in [6, 6.07) is 23.6. The van der Waals surface area contributed by atoms with E-state index in [1.807, 2.05) is 24.3 Å². The standard InChI is InChI=1S/C21H18O2/c22-18-9-5-16(6-10-18)21(17-7-11-19(23)12-8-17)14-13-15-3-1-2-4-20(15)21/h1-12,22-23H,13-14H2. The topological polar surface area (TPSA) is 40.5 Å². The molecular weight excluding hydrogens is 284 g/mol. The van der Waals surface area contributed by atoms with Crippen molar-refractivity contribution in [1.29, 1.82) is 0 Å². The molecule has 2 nitrogen and oxygen atoms in total. The largest absolute Gasteiger partial charge is 0.508 e. The van der Waals surface area contributed by atoms with Crippen LogP contribution < -0.4 is 0 Å². The van der Waals surface area contributed by atoms with Gasteiger partial charge in [0, 0.05) is 5.41 Å². The van der Waals surface area contributed by atoms with Crippen LogP contribution in [0.2, 0.25) is 0 Å². The van der Waals surface area contributed by atoms with Gasteiger partial charge >= 0.3 is 0 Å². The van der Waals surface area contributed by atoms with Gasteiger partial charge in [-0.25, -0.2) is 0 Å². The molecule has 23 heavy (non-hydrogen) atoms. The van der Waals surface area contributed by atoms with E-state index >= 15 is 0 Å². The van der Waals surface area contributed by atoms with Crippen molar-refractivity contribution in [2.45, 2.75) is 18.3 Å². The number of benzene rings is 3. The van der Waals surface area contributed by atoms with E-state index in [9.17, 15) is 10.2 Å². The zero-order chi connectivity index (χ0) is 15.9. The zero-order valence-electron chi connectivity index (χ0n) is 12.7. The second kappa shape index (κ2) is 5.17. The van der Waals surface area contributed by atoms with E-state index in [0.717, 1.165) is 12.8 Å². The van der Waals surface area contributed by atoms with Gasteiger partial charge < -0.3 is 10.2 Å². The van der Waals surface area contributed by atoms with Crippen LogP contribution in [0.5, 0.6) is 11.5 Å². The SMILES string of the molecule is Oc1ccc(C2(c3ccc(O)cc3)CCc3ccccc32)cc1. The van der Waals surface area contributed by atoms with Crippen LogP contribution in [0.15, 0.2) is 72.8 Å². The van der Waals surface area contributed by atoms with Crippen molar-refractivity contribution in [3.05, 3.63) is 95.1 Å². The third-order valence-corrected chi connectivity index (χ3v) is 4.97. The fourth-order valence-electron chi connectivity index (χ4n) is 3.87. The van der Waals surface area contributed by atoms with Gasteiger partial charge in [-0.1, -0.05) is 48.5 Å². The molecule has 0 unspecified atom stereocenters. The summed E-state index contributed by atoms with van der Waals surface area (Å²) < 4.78 is 0. The highest BCUT2D eigenvalue weighted by Crippen LogP contribution is 2.49. The Morgan fingerprint density at radius 3 is 1.74 bits per heavy atom. The van der Waals surface area contributed by atoms with Crippen LogP contribution in [0.3, 0.4) is 0 Å². The maximum Gasteiger partial charge on any atom is 0.115 e. The van der Waals surface area contributed by atoms with E-state index in [2.05, 4.69) is 24.3 Å². The maximum atomic E-state index is 9.65. The third kappa shape index (κ3) is 2.10. The molecular formula is C21H18O2. The minimum absolute atomic E-state index is 0.224. The number of hydrogen-bond donors (Lipinski definition) is 2. The first-order valence-electron chi connectivity index (χ1n) is 7.87. The molecule has 2 N–H and O–H groups in total. The van der Waals surface area contributed by atoms with Crippen LogP contribution in [-0.4, -0.2) is 10.2 Å². The summed E-state index contributed by atoms with van der Waals surface area (Å²) in [4.78, 5) is 0. The van der Waals surface area contributed by atoms with Crippen molar-refractivity contribution in [3.63, 3.8) is 0 Å². The van der Waals surface area contributed by atoms with Crippen LogP contribution >= 0.6 is 0 Å². The van der Waals surface area contributed by atoms with Crippen molar-refractivity contribution in [3.8, 4) is 11.5 Å². The normalized spacial score (nSPS) is 15.3. The Hall–Kier alpha value is -2.74. The Morgan fingerprint density at radius 2 is 1.17 bits per heavy atom. The first kappa shape index (κ1) is 13.9. The summed E-state index contributed by atoms with van der Waals surface area (Å²) in [5, 5.41) is 19.3. The predicted octanol–water partition coefficient (Wildman–Crippen LogP) is 4.38. The fraction of sp³-hybridized carbons (Fsp3) is 0.143. The molecule has 1 aliphatic rings. The van der Waals surface area contributed by atoms with Crippen molar-refractivity contribution < 1.29 is 10.2 Å². The molecule has 0 spiro atoms. The summed E-state index contributed by atoms with van der Waals surface area (Å²) in [6.45, 7) is 0. The molecule has 2 heteroatoms. The van der Waals surface area contributed by atoms with Crippen LogP contribution in [0, 0.1) is 0 Å². The Morgan fingerprint density at radius 1 is 0.652 bits per heavy atom. The van der Waals surface area contributed by atoms with Gasteiger partial charge in [0.25, 0.3) is 0 Å². The van der Waals surface area contributed by atoms with Gasteiger partial charge in [-0.15, -0.1) is 0 Å². The molecule has 1 aliphatic carbocycles. The van der Waals surface area contributed by atoms with E-state index < -0.39 is 0 Å². The second-order valence-corrected chi connectivity index (χ2v) is 6.16. The summed E-state index contributed by atoms with van der Waals surface area (Å²) in [5.41, 5.74) is 4.81. The molecule has 0 atom stereocenters. The van der Waals surface area contributed by atoms with Crippen LogP contribution in [0.1, 0.15) is 28.7 Å². The lowest BCUT2D eigenvalue weighted by atomic mass is 9.70. The highest BCUT2D eigenvalue weighted by molar-refractivity contribution is 5.57. The Kier molecular flexibility index (Phi) is 3.12. The highest BCUT2D eigenvalue weighted by atomic mass is 16.3. The smallest absolute Gasteiger partial charge is 0.115 e. The highest BCUT2D eigenvalue weighted by Gasteiger charge is 2.41. The molecule has 0 heterocycles. The lowest BCUT2D eigenvalue weighted by Crippen LogP contribution is -2.26. The molecule has 3 aromatic carbocycles. The van der Waals surface area contributed by atoms with E-state index in [-0.39, 0.29) is 16.9 Å². The summed E-state index contributed by atoms with van der Waals surface area (Å²) in [6.07, 6.45) is 2.01. The summed E-state index contributed by atoms with van der Waals surface area (Å²) >= 11 is 0. The predicted molar refractivity (Wildman–Crippen MR) is 90.9 cm³/mol.